The maximum Gasteiger partial charge on any atom is 0.261 e. The number of nitrogens with one attached hydrogen (secondary N) is 1. The summed E-state index contributed by atoms with van der Waals surface area (Å²) in [5.74, 6) is -1.62. The standard InChI is InChI=1S/C12H12Cl2FNO3S/c1-12(3-2-4-12)16-11(17)8-5-7(20(14,18)19)6-9(15)10(8)13/h5-6H,2-4H2,1H3,(H,16,17). The van der Waals surface area contributed by atoms with Gasteiger partial charge in [-0.05, 0) is 38.3 Å². The van der Waals surface area contributed by atoms with Crippen LogP contribution in [0.2, 0.25) is 5.02 Å². The second kappa shape index (κ2) is 5.16. The Morgan fingerprint density at radius 2 is 2.00 bits per heavy atom. The van der Waals surface area contributed by atoms with E-state index in [1.54, 1.807) is 0 Å². The van der Waals surface area contributed by atoms with E-state index in [1.807, 2.05) is 6.92 Å². The fourth-order valence-corrected chi connectivity index (χ4v) is 3.01. The van der Waals surface area contributed by atoms with Gasteiger partial charge in [0.2, 0.25) is 0 Å². The van der Waals surface area contributed by atoms with Crippen LogP contribution in [0.3, 0.4) is 0 Å². The van der Waals surface area contributed by atoms with Gasteiger partial charge in [-0.1, -0.05) is 11.6 Å². The van der Waals surface area contributed by atoms with E-state index in [0.717, 1.165) is 25.3 Å². The van der Waals surface area contributed by atoms with Crippen molar-refractivity contribution in [1.29, 1.82) is 0 Å². The first-order valence-electron chi connectivity index (χ1n) is 5.89. The van der Waals surface area contributed by atoms with Crippen molar-refractivity contribution < 1.29 is 17.6 Å². The van der Waals surface area contributed by atoms with Crippen LogP contribution in [0.1, 0.15) is 36.5 Å². The van der Waals surface area contributed by atoms with E-state index in [4.69, 9.17) is 22.3 Å². The third-order valence-corrected chi connectivity index (χ3v) is 5.12. The van der Waals surface area contributed by atoms with E-state index < -0.39 is 30.7 Å². The van der Waals surface area contributed by atoms with Crippen molar-refractivity contribution in [3.63, 3.8) is 0 Å². The van der Waals surface area contributed by atoms with E-state index in [-0.39, 0.29) is 11.1 Å². The van der Waals surface area contributed by atoms with Crippen LogP contribution in [0, 0.1) is 5.82 Å². The number of halogens is 3. The van der Waals surface area contributed by atoms with Crippen LogP contribution in [-0.2, 0) is 9.05 Å². The summed E-state index contributed by atoms with van der Waals surface area (Å²) in [6, 6.07) is 1.66. The van der Waals surface area contributed by atoms with Gasteiger partial charge in [-0.15, -0.1) is 0 Å². The molecule has 110 valence electrons. The lowest BCUT2D eigenvalue weighted by atomic mass is 9.78. The quantitative estimate of drug-likeness (QED) is 0.860. The number of carbonyl (C=O) groups excluding carboxylic acids is 1. The van der Waals surface area contributed by atoms with Crippen LogP contribution in [0.25, 0.3) is 0 Å². The van der Waals surface area contributed by atoms with E-state index in [2.05, 4.69) is 5.32 Å². The molecule has 1 fully saturated rings. The van der Waals surface area contributed by atoms with Crippen LogP contribution in [-0.4, -0.2) is 19.9 Å². The number of hydrogen-bond donors (Lipinski definition) is 1. The molecule has 1 aromatic carbocycles. The molecule has 20 heavy (non-hydrogen) atoms. The van der Waals surface area contributed by atoms with Gasteiger partial charge in [-0.2, -0.15) is 0 Å². The zero-order valence-electron chi connectivity index (χ0n) is 10.5. The normalized spacial score (nSPS) is 17.4. The molecule has 0 aliphatic heterocycles. The Bertz CT molecular complexity index is 672. The van der Waals surface area contributed by atoms with Crippen molar-refractivity contribution in [1.82, 2.24) is 5.32 Å². The summed E-state index contributed by atoms with van der Waals surface area (Å²) in [6.45, 7) is 1.86. The van der Waals surface area contributed by atoms with E-state index in [1.165, 1.54) is 0 Å². The lowest BCUT2D eigenvalue weighted by molar-refractivity contribution is 0.0850. The summed E-state index contributed by atoms with van der Waals surface area (Å²) in [5, 5.41) is 2.31. The highest BCUT2D eigenvalue weighted by molar-refractivity contribution is 8.13. The SMILES string of the molecule is CC1(NC(=O)c2cc(S(=O)(=O)Cl)cc(F)c2Cl)CCC1. The number of carbonyl (C=O) groups is 1. The van der Waals surface area contributed by atoms with E-state index >= 15 is 0 Å². The highest BCUT2D eigenvalue weighted by Crippen LogP contribution is 2.32. The first-order chi connectivity index (χ1) is 9.12. The van der Waals surface area contributed by atoms with Gasteiger partial charge in [0.1, 0.15) is 5.82 Å². The second-order valence-electron chi connectivity index (χ2n) is 5.07. The first kappa shape index (κ1) is 15.5. The van der Waals surface area contributed by atoms with Gasteiger partial charge >= 0.3 is 0 Å². The predicted molar refractivity (Wildman–Crippen MR) is 74.2 cm³/mol. The molecule has 1 saturated carbocycles. The lowest BCUT2D eigenvalue weighted by Gasteiger charge is -2.39. The molecule has 1 N–H and O–H groups in total. The summed E-state index contributed by atoms with van der Waals surface area (Å²) in [5.41, 5.74) is -0.591. The van der Waals surface area contributed by atoms with Crippen molar-refractivity contribution in [2.24, 2.45) is 0 Å². The molecule has 2 rings (SSSR count). The van der Waals surface area contributed by atoms with Gasteiger partial charge < -0.3 is 5.32 Å². The molecule has 1 aliphatic carbocycles. The molecule has 1 amide bonds. The Morgan fingerprint density at radius 3 is 2.45 bits per heavy atom. The molecule has 0 radical (unpaired) electrons. The highest BCUT2D eigenvalue weighted by Gasteiger charge is 2.34. The minimum atomic E-state index is -4.14. The lowest BCUT2D eigenvalue weighted by Crippen LogP contribution is -2.51. The summed E-state index contributed by atoms with van der Waals surface area (Å²) >= 11 is 5.73. The highest BCUT2D eigenvalue weighted by atomic mass is 35.7. The molecule has 4 nitrogen and oxygen atoms in total. The van der Waals surface area contributed by atoms with Crippen LogP contribution in [0.4, 0.5) is 4.39 Å². The molecule has 0 bridgehead atoms. The fourth-order valence-electron chi connectivity index (χ4n) is 2.04. The Kier molecular flexibility index (Phi) is 4.01. The molecule has 0 heterocycles. The summed E-state index contributed by atoms with van der Waals surface area (Å²) < 4.78 is 36.1. The van der Waals surface area contributed by atoms with Gasteiger partial charge in [-0.25, -0.2) is 12.8 Å². The smallest absolute Gasteiger partial charge is 0.261 e. The predicted octanol–water partition coefficient (Wildman–Crippen LogP) is 3.08. The maximum absolute atomic E-state index is 13.6. The number of rotatable bonds is 3. The fraction of sp³-hybridized carbons (Fsp3) is 0.417. The van der Waals surface area contributed by atoms with Gasteiger partial charge in [0, 0.05) is 16.2 Å². The topological polar surface area (TPSA) is 63.2 Å². The van der Waals surface area contributed by atoms with Gasteiger partial charge in [-0.3, -0.25) is 4.79 Å². The zero-order chi connectivity index (χ0) is 15.1. The third kappa shape index (κ3) is 3.07. The maximum atomic E-state index is 13.6. The van der Waals surface area contributed by atoms with Crippen molar-refractivity contribution >= 4 is 37.2 Å². The zero-order valence-corrected chi connectivity index (χ0v) is 12.9. The van der Waals surface area contributed by atoms with Crippen LogP contribution < -0.4 is 5.32 Å². The summed E-state index contributed by atoms with van der Waals surface area (Å²) in [4.78, 5) is 11.6. The van der Waals surface area contributed by atoms with Gasteiger partial charge in [0.05, 0.1) is 15.5 Å². The average Bonchev–Trinajstić information content (AvgIpc) is 2.28. The van der Waals surface area contributed by atoms with Crippen LogP contribution >= 0.6 is 22.3 Å². The van der Waals surface area contributed by atoms with Crippen molar-refractivity contribution in [3.05, 3.63) is 28.5 Å². The molecule has 8 heteroatoms. The molecule has 0 atom stereocenters. The molecule has 0 aromatic heterocycles. The molecule has 0 spiro atoms. The molecular formula is C12H12Cl2FNO3S. The number of benzene rings is 1. The van der Waals surface area contributed by atoms with Gasteiger partial charge in [0.15, 0.2) is 0 Å². The molecule has 0 saturated heterocycles. The molecular weight excluding hydrogens is 328 g/mol. The van der Waals surface area contributed by atoms with Gasteiger partial charge in [0.25, 0.3) is 15.0 Å². The molecule has 1 aliphatic rings. The Balaban J connectivity index is 2.40. The van der Waals surface area contributed by atoms with E-state index in [9.17, 15) is 17.6 Å². The molecule has 0 unspecified atom stereocenters. The van der Waals surface area contributed by atoms with Crippen LogP contribution in [0.15, 0.2) is 17.0 Å². The first-order valence-corrected chi connectivity index (χ1v) is 8.57. The summed E-state index contributed by atoms with van der Waals surface area (Å²) in [7, 11) is 1.02. The summed E-state index contributed by atoms with van der Waals surface area (Å²) in [6.07, 6.45) is 2.62. The number of amides is 1. The van der Waals surface area contributed by atoms with Crippen molar-refractivity contribution in [3.8, 4) is 0 Å². The van der Waals surface area contributed by atoms with Crippen LogP contribution in [0.5, 0.6) is 0 Å². The second-order valence-corrected chi connectivity index (χ2v) is 8.02. The Labute approximate surface area is 125 Å². The minimum Gasteiger partial charge on any atom is -0.347 e. The average molecular weight is 340 g/mol. The third-order valence-electron chi connectivity index (χ3n) is 3.40. The van der Waals surface area contributed by atoms with E-state index in [0.29, 0.717) is 6.07 Å². The minimum absolute atomic E-state index is 0.237. The Hall–Kier alpha value is -0.850. The Morgan fingerprint density at radius 1 is 1.40 bits per heavy atom. The molecule has 1 aromatic rings. The number of hydrogen-bond acceptors (Lipinski definition) is 3. The van der Waals surface area contributed by atoms with Crippen molar-refractivity contribution in [2.75, 3.05) is 0 Å². The largest absolute Gasteiger partial charge is 0.347 e. The monoisotopic (exact) mass is 339 g/mol. The van der Waals surface area contributed by atoms with Crippen molar-refractivity contribution in [2.45, 2.75) is 36.6 Å².